The van der Waals surface area contributed by atoms with Gasteiger partial charge in [-0.25, -0.2) is 0 Å². The Morgan fingerprint density at radius 2 is 1.14 bits per heavy atom. The number of aliphatic hydroxyl groups is 6. The molecule has 0 bridgehead atoms. The summed E-state index contributed by atoms with van der Waals surface area (Å²) in [5, 5.41) is 62.2. The van der Waals surface area contributed by atoms with Gasteiger partial charge in [0.05, 0.1) is 33.6 Å². The van der Waals surface area contributed by atoms with E-state index < -0.39 is 33.6 Å². The molecule has 12 rings (SSSR count). The largest absolute Gasteiger partial charge is 0.390 e. The first-order valence-electron chi connectivity index (χ1n) is 40.5. The molecule has 0 amide bonds. The molecule has 12 aliphatic carbocycles. The summed E-state index contributed by atoms with van der Waals surface area (Å²) in [5.74, 6) is 7.27. The molecule has 552 valence electrons. The topological polar surface area (TPSA) is 121 Å². The van der Waals surface area contributed by atoms with Gasteiger partial charge in [0.25, 0.3) is 0 Å². The molecule has 0 saturated heterocycles. The Morgan fingerprint density at radius 1 is 0.531 bits per heavy atom. The van der Waals surface area contributed by atoms with Gasteiger partial charge in [-0.1, -0.05) is 158 Å². The van der Waals surface area contributed by atoms with Crippen molar-refractivity contribution in [1.29, 1.82) is 0 Å². The fraction of sp³-hybridized carbons (Fsp3) is 0.867. The van der Waals surface area contributed by atoms with E-state index in [2.05, 4.69) is 142 Å². The van der Waals surface area contributed by atoms with Crippen LogP contribution in [0.2, 0.25) is 0 Å². The van der Waals surface area contributed by atoms with Crippen LogP contribution in [0.15, 0.2) is 68.9 Å². The summed E-state index contributed by atoms with van der Waals surface area (Å²) in [5.41, 5.74) is 11.6. The van der Waals surface area contributed by atoms with Gasteiger partial charge in [0, 0.05) is 5.92 Å². The lowest BCUT2D eigenvalue weighted by molar-refractivity contribution is -0.105. The van der Waals surface area contributed by atoms with E-state index in [-0.39, 0.29) is 0 Å². The molecule has 0 aromatic heterocycles. The number of fused-ring (bicyclic) bond motifs is 6. The minimum Gasteiger partial charge on any atom is -0.390 e. The molecule has 7 saturated carbocycles. The van der Waals surface area contributed by atoms with Crippen molar-refractivity contribution in [2.75, 3.05) is 0 Å². The molecular formula is C90H156O6. The lowest BCUT2D eigenvalue weighted by Crippen LogP contribution is -2.50. The zero-order valence-electron chi connectivity index (χ0n) is 67.3. The van der Waals surface area contributed by atoms with Gasteiger partial charge in [-0.05, 0) is 368 Å². The third-order valence-electron chi connectivity index (χ3n) is 30.2. The van der Waals surface area contributed by atoms with Crippen LogP contribution in [0, 0.1) is 98.1 Å². The lowest BCUT2D eigenvalue weighted by Gasteiger charge is -2.53. The monoisotopic (exact) mass is 1330 g/mol. The summed E-state index contributed by atoms with van der Waals surface area (Å²) in [4.78, 5) is 0. The van der Waals surface area contributed by atoms with Gasteiger partial charge in [0.2, 0.25) is 0 Å². The molecule has 0 radical (unpaired) electrons. The van der Waals surface area contributed by atoms with E-state index in [0.29, 0.717) is 80.3 Å². The van der Waals surface area contributed by atoms with Gasteiger partial charge in [-0.3, -0.25) is 0 Å². The van der Waals surface area contributed by atoms with Crippen LogP contribution in [0.1, 0.15) is 365 Å². The normalized spacial score (nSPS) is 41.5. The van der Waals surface area contributed by atoms with E-state index in [0.717, 1.165) is 56.3 Å². The van der Waals surface area contributed by atoms with Crippen LogP contribution >= 0.6 is 0 Å². The molecule has 7 fully saturated rings. The van der Waals surface area contributed by atoms with E-state index in [1.807, 2.05) is 48.5 Å². The average Bonchev–Trinajstić information content (AvgIpc) is 1.12. The fourth-order valence-corrected chi connectivity index (χ4v) is 22.9. The van der Waals surface area contributed by atoms with Crippen LogP contribution in [0.3, 0.4) is 0 Å². The predicted octanol–water partition coefficient (Wildman–Crippen LogP) is 23.7. The van der Waals surface area contributed by atoms with E-state index in [1.54, 1.807) is 27.9 Å². The van der Waals surface area contributed by atoms with Crippen LogP contribution < -0.4 is 0 Å². The first-order valence-corrected chi connectivity index (χ1v) is 40.5. The minimum absolute atomic E-state index is 0.347. The van der Waals surface area contributed by atoms with Crippen molar-refractivity contribution in [1.82, 2.24) is 0 Å². The molecule has 0 aromatic rings. The summed E-state index contributed by atoms with van der Waals surface area (Å²) in [6.45, 7) is 52.9. The second-order valence-corrected chi connectivity index (χ2v) is 40.4. The number of allylic oxidation sites excluding steroid dienone is 10. The Labute approximate surface area is 593 Å². The summed E-state index contributed by atoms with van der Waals surface area (Å²) in [6.07, 6.45) is 47.7. The molecule has 0 aliphatic heterocycles. The summed E-state index contributed by atoms with van der Waals surface area (Å²) >= 11 is 0. The zero-order valence-corrected chi connectivity index (χ0v) is 67.3. The van der Waals surface area contributed by atoms with Gasteiger partial charge in [-0.15, -0.1) is 0 Å². The fourth-order valence-electron chi connectivity index (χ4n) is 22.9. The van der Waals surface area contributed by atoms with Crippen LogP contribution in [0.5, 0.6) is 0 Å². The zero-order chi connectivity index (χ0) is 71.8. The minimum atomic E-state index is -0.613. The Balaban J connectivity index is 0.000000163. The number of hydrogen-bond acceptors (Lipinski definition) is 6. The molecule has 0 spiro atoms. The van der Waals surface area contributed by atoms with Crippen molar-refractivity contribution in [2.45, 2.75) is 399 Å². The van der Waals surface area contributed by atoms with Crippen molar-refractivity contribution >= 4 is 0 Å². The van der Waals surface area contributed by atoms with E-state index >= 15 is 0 Å². The van der Waals surface area contributed by atoms with Gasteiger partial charge in [0.1, 0.15) is 0 Å². The molecule has 12 aliphatic rings. The smallest absolute Gasteiger partial charge is 0.0800 e. The highest BCUT2D eigenvalue weighted by Crippen LogP contribution is 2.59. The third-order valence-corrected chi connectivity index (χ3v) is 30.2. The highest BCUT2D eigenvalue weighted by Gasteiger charge is 2.52. The summed E-state index contributed by atoms with van der Waals surface area (Å²) in [6, 6.07) is 0. The van der Waals surface area contributed by atoms with Gasteiger partial charge >= 0.3 is 0 Å². The molecule has 0 aromatic carbocycles. The van der Waals surface area contributed by atoms with Gasteiger partial charge in [-0.2, -0.15) is 0 Å². The second kappa shape index (κ2) is 31.3. The molecule has 18 atom stereocenters. The number of hydrogen-bond donors (Lipinski definition) is 6. The average molecular weight is 1330 g/mol. The molecule has 6 heteroatoms. The molecule has 6 nitrogen and oxygen atoms in total. The van der Waals surface area contributed by atoms with Crippen molar-refractivity contribution in [3.05, 3.63) is 68.9 Å². The van der Waals surface area contributed by atoms with Crippen LogP contribution in [-0.2, 0) is 0 Å². The molecule has 1 unspecified atom stereocenters. The Bertz CT molecular complexity index is 2770. The predicted molar refractivity (Wildman–Crippen MR) is 409 cm³/mol. The van der Waals surface area contributed by atoms with Gasteiger partial charge < -0.3 is 30.6 Å². The summed E-state index contributed by atoms with van der Waals surface area (Å²) in [7, 11) is 0. The van der Waals surface area contributed by atoms with Crippen molar-refractivity contribution in [3.8, 4) is 0 Å². The maximum absolute atomic E-state index is 10.6. The second-order valence-electron chi connectivity index (χ2n) is 40.4. The van der Waals surface area contributed by atoms with Gasteiger partial charge in [0.15, 0.2) is 0 Å². The first kappa shape index (κ1) is 81.5. The Hall–Kier alpha value is -1.80. The molecule has 6 N–H and O–H groups in total. The SMILES string of the molecule is CC(C)=C1CC[C@@]2(C)CCC[C@@](C)(O)[C@@H]2C1.CC(C)C1=C[C@@H]2C(C)(O)CCC[C@@]2(C)CC1.CC1=C2C[C@H](C(C)(C)O)CC[C@]2(C)CCC1.CC1=CCC[C@]2(C)CC[C@@H](C(C)(C)O)C[C@@H]12.CC1=C[C@@H]2[C@@H](CC1)[C@](C)(O)CC[C@H]2C(C)C.C[C@@H]1CCC[C@@]2(C)CCC(C(C)(C)O)=C[C@@H]12. The highest BCUT2D eigenvalue weighted by molar-refractivity contribution is 5.27. The van der Waals surface area contributed by atoms with E-state index in [1.165, 1.54) is 177 Å². The van der Waals surface area contributed by atoms with Crippen molar-refractivity contribution in [2.24, 2.45) is 98.1 Å². The van der Waals surface area contributed by atoms with Crippen molar-refractivity contribution in [3.63, 3.8) is 0 Å². The Morgan fingerprint density at radius 3 is 1.75 bits per heavy atom. The standard InChI is InChI=1S/6C15H26O/c2*1-11(2)12-6-9-14(3)7-5-8-15(4,16)13(14)10-12;1-10(2)12-7-8-15(4,16)14-6-5-11(3)9-13(12)14;3*1-11-6-5-8-15(4)9-7-12(10-13(11)15)14(2,3)16/h13,16H,5-10H2,1-4H3;10-11,13,16H,5-9H2,1-4H3;9-10,12-14,16H,5-8H2,1-4H3;12,16H,5-10H2,1-4H3;10-11,13,16H,5-9H2,1-4H3;6,12-13,16H,5,7-10H2,1-4H3/t13-,14-,15-;13-,14-,15?;12-,13-,14+,15+;12-,15+;11-,13+,15+;12-,13+,15-/m100111/s1. The summed E-state index contributed by atoms with van der Waals surface area (Å²) < 4.78 is 0. The molecule has 0 heterocycles. The highest BCUT2D eigenvalue weighted by atomic mass is 16.3. The van der Waals surface area contributed by atoms with Crippen molar-refractivity contribution < 1.29 is 30.6 Å². The van der Waals surface area contributed by atoms with Crippen LogP contribution in [0.4, 0.5) is 0 Å². The van der Waals surface area contributed by atoms with Crippen LogP contribution in [0.25, 0.3) is 0 Å². The third kappa shape index (κ3) is 19.5. The number of rotatable bonds is 5. The molecule has 96 heavy (non-hydrogen) atoms. The van der Waals surface area contributed by atoms with Crippen LogP contribution in [-0.4, -0.2) is 64.2 Å². The quantitative estimate of drug-likeness (QED) is 0.153. The maximum Gasteiger partial charge on any atom is 0.0800 e. The maximum atomic E-state index is 10.6. The first-order chi connectivity index (χ1) is 44.1. The molecular weight excluding hydrogens is 1180 g/mol. The lowest BCUT2D eigenvalue weighted by atomic mass is 9.54. The Kier molecular flexibility index (Phi) is 26.5. The van der Waals surface area contributed by atoms with E-state index in [9.17, 15) is 30.6 Å². The van der Waals surface area contributed by atoms with E-state index in [4.69, 9.17) is 0 Å².